The molecule has 1 saturated heterocycles. The van der Waals surface area contributed by atoms with Crippen molar-refractivity contribution in [2.45, 2.75) is 52.5 Å². The van der Waals surface area contributed by atoms with E-state index in [0.717, 1.165) is 45.3 Å². The van der Waals surface area contributed by atoms with Gasteiger partial charge in [-0.15, -0.1) is 0 Å². The maximum absolute atomic E-state index is 6.77. The van der Waals surface area contributed by atoms with Crippen molar-refractivity contribution < 1.29 is 0 Å². The highest BCUT2D eigenvalue weighted by atomic mass is 35.5. The molecule has 1 N–H and O–H groups in total. The standard InChI is InChI=1S/C27H33ClN4/c1-18-10-11-23-26(19(18)2)30-27(29-23)21-8-6-9-24-25(21)22(28)17-32(24)14-5-4-7-20-12-15-31(3)16-13-20/h6,8-11,17,20H,4-5,7,12-16H2,1-3H3,(H,29,30). The molecule has 5 heteroatoms. The molecule has 4 aromatic rings. The average molecular weight is 449 g/mol. The van der Waals surface area contributed by atoms with Gasteiger partial charge in [0.25, 0.3) is 0 Å². The van der Waals surface area contributed by atoms with Crippen LogP contribution >= 0.6 is 11.6 Å². The van der Waals surface area contributed by atoms with E-state index in [-0.39, 0.29) is 0 Å². The number of nitrogens with one attached hydrogen (secondary N) is 1. The maximum atomic E-state index is 6.77. The Labute approximate surface area is 195 Å². The number of hydrogen-bond donors (Lipinski definition) is 1. The Kier molecular flexibility index (Phi) is 6.00. The third-order valence-electron chi connectivity index (χ3n) is 7.39. The zero-order valence-corrected chi connectivity index (χ0v) is 20.2. The summed E-state index contributed by atoms with van der Waals surface area (Å²) in [4.78, 5) is 10.9. The Morgan fingerprint density at radius 2 is 1.91 bits per heavy atom. The first-order valence-corrected chi connectivity index (χ1v) is 12.3. The second kappa shape index (κ2) is 8.92. The van der Waals surface area contributed by atoms with Crippen LogP contribution in [-0.4, -0.2) is 39.6 Å². The van der Waals surface area contributed by atoms with Crippen LogP contribution in [-0.2, 0) is 6.54 Å². The number of piperidine rings is 1. The van der Waals surface area contributed by atoms with Gasteiger partial charge in [0.15, 0.2) is 0 Å². The van der Waals surface area contributed by atoms with E-state index in [2.05, 4.69) is 71.9 Å². The Balaban J connectivity index is 1.36. The first kappa shape index (κ1) is 21.5. The summed E-state index contributed by atoms with van der Waals surface area (Å²) in [5.74, 6) is 1.80. The minimum Gasteiger partial charge on any atom is -0.346 e. The fraction of sp³-hybridized carbons (Fsp3) is 0.444. The molecule has 32 heavy (non-hydrogen) atoms. The number of aromatic amines is 1. The molecule has 0 atom stereocenters. The monoisotopic (exact) mass is 448 g/mol. The van der Waals surface area contributed by atoms with Crippen molar-refractivity contribution in [2.24, 2.45) is 5.92 Å². The number of rotatable bonds is 6. The molecule has 3 heterocycles. The molecule has 1 fully saturated rings. The molecule has 2 aromatic heterocycles. The number of fused-ring (bicyclic) bond motifs is 2. The molecule has 0 aliphatic carbocycles. The van der Waals surface area contributed by atoms with Crippen LogP contribution in [0.25, 0.3) is 33.3 Å². The summed E-state index contributed by atoms with van der Waals surface area (Å²) in [6, 6.07) is 10.7. The summed E-state index contributed by atoms with van der Waals surface area (Å²) in [7, 11) is 2.24. The fourth-order valence-electron chi connectivity index (χ4n) is 5.19. The van der Waals surface area contributed by atoms with Crippen LogP contribution < -0.4 is 0 Å². The first-order valence-electron chi connectivity index (χ1n) is 11.9. The summed E-state index contributed by atoms with van der Waals surface area (Å²) in [5, 5.41) is 1.90. The van der Waals surface area contributed by atoms with Gasteiger partial charge in [-0.25, -0.2) is 4.98 Å². The topological polar surface area (TPSA) is 36.9 Å². The van der Waals surface area contributed by atoms with Crippen LogP contribution in [0, 0.1) is 19.8 Å². The summed E-state index contributed by atoms with van der Waals surface area (Å²) >= 11 is 6.77. The SMILES string of the molecule is Cc1ccc2[nH]c(-c3cccc4c3c(Cl)cn4CCCCC3CCN(C)CC3)nc2c1C. The van der Waals surface area contributed by atoms with E-state index >= 15 is 0 Å². The van der Waals surface area contributed by atoms with E-state index in [1.54, 1.807) is 0 Å². The number of hydrogen-bond acceptors (Lipinski definition) is 2. The molecular formula is C27H33ClN4. The van der Waals surface area contributed by atoms with E-state index in [4.69, 9.17) is 16.6 Å². The largest absolute Gasteiger partial charge is 0.346 e. The molecular weight excluding hydrogens is 416 g/mol. The maximum Gasteiger partial charge on any atom is 0.139 e. The summed E-state index contributed by atoms with van der Waals surface area (Å²) < 4.78 is 2.33. The van der Waals surface area contributed by atoms with Crippen LogP contribution in [0.5, 0.6) is 0 Å². The van der Waals surface area contributed by atoms with Crippen LogP contribution in [0.4, 0.5) is 0 Å². The summed E-state index contributed by atoms with van der Waals surface area (Å²) in [5.41, 5.74) is 6.88. The zero-order chi connectivity index (χ0) is 22.2. The number of aromatic nitrogens is 3. The second-order valence-corrected chi connectivity index (χ2v) is 10.0. The Bertz CT molecular complexity index is 1240. The van der Waals surface area contributed by atoms with E-state index < -0.39 is 0 Å². The van der Waals surface area contributed by atoms with Gasteiger partial charge < -0.3 is 14.5 Å². The Morgan fingerprint density at radius 1 is 1.09 bits per heavy atom. The van der Waals surface area contributed by atoms with Crippen LogP contribution in [0.3, 0.4) is 0 Å². The minimum atomic E-state index is 0.805. The van der Waals surface area contributed by atoms with Crippen molar-refractivity contribution in [3.63, 3.8) is 0 Å². The highest BCUT2D eigenvalue weighted by Gasteiger charge is 2.18. The normalized spacial score (nSPS) is 15.9. The Morgan fingerprint density at radius 3 is 2.72 bits per heavy atom. The number of aryl methyl sites for hydroxylation is 3. The molecule has 1 aliphatic heterocycles. The van der Waals surface area contributed by atoms with Gasteiger partial charge in [0.2, 0.25) is 0 Å². The van der Waals surface area contributed by atoms with E-state index in [0.29, 0.717) is 0 Å². The van der Waals surface area contributed by atoms with Crippen LogP contribution in [0.15, 0.2) is 36.5 Å². The minimum absolute atomic E-state index is 0.805. The number of nitrogens with zero attached hydrogens (tertiary/aromatic N) is 3. The smallest absolute Gasteiger partial charge is 0.139 e. The van der Waals surface area contributed by atoms with Crippen molar-refractivity contribution in [2.75, 3.05) is 20.1 Å². The molecule has 0 spiro atoms. The molecule has 2 aromatic carbocycles. The van der Waals surface area contributed by atoms with Gasteiger partial charge in [-0.2, -0.15) is 0 Å². The molecule has 0 amide bonds. The lowest BCUT2D eigenvalue weighted by Gasteiger charge is -2.28. The number of halogens is 1. The second-order valence-electron chi connectivity index (χ2n) is 9.60. The number of benzene rings is 2. The molecule has 0 saturated carbocycles. The van der Waals surface area contributed by atoms with Crippen molar-refractivity contribution in [3.8, 4) is 11.4 Å². The number of likely N-dealkylation sites (tertiary alicyclic amines) is 1. The van der Waals surface area contributed by atoms with E-state index in [1.807, 2.05) is 0 Å². The van der Waals surface area contributed by atoms with Crippen molar-refractivity contribution in [1.82, 2.24) is 19.4 Å². The molecule has 5 rings (SSSR count). The lowest BCUT2D eigenvalue weighted by molar-refractivity contribution is 0.209. The highest BCUT2D eigenvalue weighted by molar-refractivity contribution is 6.36. The highest BCUT2D eigenvalue weighted by Crippen LogP contribution is 2.35. The van der Waals surface area contributed by atoms with Gasteiger partial charge in [-0.05, 0) is 82.4 Å². The lowest BCUT2D eigenvalue weighted by Crippen LogP contribution is -2.30. The number of imidazole rings is 1. The van der Waals surface area contributed by atoms with Crippen molar-refractivity contribution in [3.05, 3.63) is 52.7 Å². The van der Waals surface area contributed by atoms with Crippen molar-refractivity contribution in [1.29, 1.82) is 0 Å². The third-order valence-corrected chi connectivity index (χ3v) is 7.68. The third kappa shape index (κ3) is 4.06. The van der Waals surface area contributed by atoms with Crippen LogP contribution in [0.1, 0.15) is 43.2 Å². The van der Waals surface area contributed by atoms with E-state index in [1.165, 1.54) is 61.8 Å². The summed E-state index contributed by atoms with van der Waals surface area (Å²) in [6.45, 7) is 7.79. The molecule has 1 aliphatic rings. The predicted molar refractivity (Wildman–Crippen MR) is 136 cm³/mol. The fourth-order valence-corrected chi connectivity index (χ4v) is 5.51. The Hall–Kier alpha value is -2.30. The molecule has 168 valence electrons. The number of H-pyrrole nitrogens is 1. The molecule has 0 radical (unpaired) electrons. The van der Waals surface area contributed by atoms with Gasteiger partial charge in [-0.1, -0.05) is 42.6 Å². The van der Waals surface area contributed by atoms with E-state index in [9.17, 15) is 0 Å². The first-order chi connectivity index (χ1) is 15.5. The van der Waals surface area contributed by atoms with Gasteiger partial charge in [0, 0.05) is 23.7 Å². The molecule has 4 nitrogen and oxygen atoms in total. The number of unbranched alkanes of at least 4 members (excludes halogenated alkanes) is 1. The zero-order valence-electron chi connectivity index (χ0n) is 19.4. The summed E-state index contributed by atoms with van der Waals surface area (Å²) in [6.07, 6.45) is 8.64. The van der Waals surface area contributed by atoms with Gasteiger partial charge >= 0.3 is 0 Å². The van der Waals surface area contributed by atoms with Crippen molar-refractivity contribution >= 4 is 33.5 Å². The molecule has 0 bridgehead atoms. The van der Waals surface area contributed by atoms with Gasteiger partial charge in [-0.3, -0.25) is 0 Å². The van der Waals surface area contributed by atoms with Gasteiger partial charge in [0.05, 0.1) is 21.6 Å². The lowest BCUT2D eigenvalue weighted by atomic mass is 9.92. The van der Waals surface area contributed by atoms with Gasteiger partial charge in [0.1, 0.15) is 5.82 Å². The molecule has 0 unspecified atom stereocenters. The quantitative estimate of drug-likeness (QED) is 0.323. The van der Waals surface area contributed by atoms with Crippen LogP contribution in [0.2, 0.25) is 5.02 Å². The average Bonchev–Trinajstić information content (AvgIpc) is 3.37. The predicted octanol–water partition coefficient (Wildman–Crippen LogP) is 6.97.